The van der Waals surface area contributed by atoms with Crippen LogP contribution in [0.15, 0.2) is 18.2 Å². The number of rotatable bonds is 3. The summed E-state index contributed by atoms with van der Waals surface area (Å²) in [6, 6.07) is 3.97. The van der Waals surface area contributed by atoms with Crippen molar-refractivity contribution in [1.29, 1.82) is 0 Å². The van der Waals surface area contributed by atoms with Gasteiger partial charge >= 0.3 is 0 Å². The summed E-state index contributed by atoms with van der Waals surface area (Å²) in [4.78, 5) is 0. The molecule has 0 saturated heterocycles. The van der Waals surface area contributed by atoms with E-state index in [0.717, 1.165) is 12.8 Å². The predicted octanol–water partition coefficient (Wildman–Crippen LogP) is 2.02. The zero-order chi connectivity index (χ0) is 12.7. The van der Waals surface area contributed by atoms with E-state index >= 15 is 0 Å². The smallest absolute Gasteiger partial charge is 0.170 e. The van der Waals surface area contributed by atoms with E-state index in [9.17, 15) is 8.78 Å². The highest BCUT2D eigenvalue weighted by molar-refractivity contribution is 5.57. The van der Waals surface area contributed by atoms with Crippen LogP contribution in [-0.4, -0.2) is 14.8 Å². The third-order valence-corrected chi connectivity index (χ3v) is 3.05. The Hall–Kier alpha value is -1.82. The van der Waals surface area contributed by atoms with Gasteiger partial charge in [-0.25, -0.2) is 8.78 Å². The van der Waals surface area contributed by atoms with Gasteiger partial charge in [-0.05, 0) is 25.0 Å². The highest BCUT2D eigenvalue weighted by atomic mass is 19.1. The standard InChI is InChI=1S/C12H12F2N4/c13-8-2-1-3-9(14)11(8)12-17-16-10(6-15)18(12)7-4-5-7/h1-3,7H,4-6,15H2. The minimum absolute atomic E-state index is 0.128. The van der Waals surface area contributed by atoms with Crippen LogP contribution in [0.4, 0.5) is 8.78 Å². The molecule has 0 unspecified atom stereocenters. The molecule has 0 amide bonds. The van der Waals surface area contributed by atoms with Gasteiger partial charge in [0, 0.05) is 6.04 Å². The van der Waals surface area contributed by atoms with E-state index in [2.05, 4.69) is 10.2 Å². The lowest BCUT2D eigenvalue weighted by Crippen LogP contribution is -2.09. The summed E-state index contributed by atoms with van der Waals surface area (Å²) < 4.78 is 29.3. The predicted molar refractivity (Wildman–Crippen MR) is 61.5 cm³/mol. The molecule has 0 bridgehead atoms. The molecule has 3 rings (SSSR count). The van der Waals surface area contributed by atoms with Crippen molar-refractivity contribution in [1.82, 2.24) is 14.8 Å². The fourth-order valence-electron chi connectivity index (χ4n) is 2.06. The Morgan fingerprint density at radius 2 is 1.89 bits per heavy atom. The third-order valence-electron chi connectivity index (χ3n) is 3.05. The minimum atomic E-state index is -0.632. The Morgan fingerprint density at radius 1 is 1.22 bits per heavy atom. The minimum Gasteiger partial charge on any atom is -0.324 e. The van der Waals surface area contributed by atoms with E-state index in [4.69, 9.17) is 5.73 Å². The van der Waals surface area contributed by atoms with Gasteiger partial charge in [-0.15, -0.1) is 10.2 Å². The Labute approximate surface area is 102 Å². The van der Waals surface area contributed by atoms with Gasteiger partial charge in [0.1, 0.15) is 17.5 Å². The van der Waals surface area contributed by atoms with Crippen LogP contribution in [0.5, 0.6) is 0 Å². The molecule has 2 N–H and O–H groups in total. The molecule has 18 heavy (non-hydrogen) atoms. The van der Waals surface area contributed by atoms with Gasteiger partial charge in [0.05, 0.1) is 12.1 Å². The second-order valence-corrected chi connectivity index (χ2v) is 4.34. The maximum Gasteiger partial charge on any atom is 0.170 e. The lowest BCUT2D eigenvalue weighted by molar-refractivity contribution is 0.582. The molecule has 4 nitrogen and oxygen atoms in total. The summed E-state index contributed by atoms with van der Waals surface area (Å²) in [5.41, 5.74) is 5.44. The van der Waals surface area contributed by atoms with Crippen molar-refractivity contribution in [3.63, 3.8) is 0 Å². The van der Waals surface area contributed by atoms with E-state index in [1.54, 1.807) is 4.57 Å². The van der Waals surface area contributed by atoms with Gasteiger partial charge < -0.3 is 10.3 Å². The summed E-state index contributed by atoms with van der Waals surface area (Å²) in [5, 5.41) is 7.80. The SMILES string of the molecule is NCc1nnc(-c2c(F)cccc2F)n1C1CC1. The van der Waals surface area contributed by atoms with Gasteiger partial charge in [0.2, 0.25) is 0 Å². The maximum atomic E-state index is 13.8. The van der Waals surface area contributed by atoms with Crippen LogP contribution in [0.3, 0.4) is 0 Å². The van der Waals surface area contributed by atoms with Crippen LogP contribution in [0.1, 0.15) is 24.7 Å². The number of nitrogens with zero attached hydrogens (tertiary/aromatic N) is 3. The summed E-state index contributed by atoms with van der Waals surface area (Å²) in [5.74, 6) is -0.468. The highest BCUT2D eigenvalue weighted by Gasteiger charge is 2.31. The van der Waals surface area contributed by atoms with Crippen LogP contribution in [0.2, 0.25) is 0 Å². The summed E-state index contributed by atoms with van der Waals surface area (Å²) in [6.45, 7) is 0.208. The molecule has 0 spiro atoms. The molecule has 1 saturated carbocycles. The molecule has 0 radical (unpaired) electrons. The second kappa shape index (κ2) is 4.13. The van der Waals surface area contributed by atoms with E-state index in [-0.39, 0.29) is 24.0 Å². The highest BCUT2D eigenvalue weighted by Crippen LogP contribution is 2.39. The fraction of sp³-hybridized carbons (Fsp3) is 0.333. The molecule has 1 fully saturated rings. The van der Waals surface area contributed by atoms with Crippen molar-refractivity contribution in [3.8, 4) is 11.4 Å². The largest absolute Gasteiger partial charge is 0.324 e. The Balaban J connectivity index is 2.20. The number of hydrogen-bond acceptors (Lipinski definition) is 3. The van der Waals surface area contributed by atoms with Crippen LogP contribution in [0.25, 0.3) is 11.4 Å². The number of nitrogens with two attached hydrogens (primary N) is 1. The second-order valence-electron chi connectivity index (χ2n) is 4.34. The number of aromatic nitrogens is 3. The van der Waals surface area contributed by atoms with E-state index in [1.165, 1.54) is 18.2 Å². The maximum absolute atomic E-state index is 13.8. The van der Waals surface area contributed by atoms with Crippen molar-refractivity contribution in [2.75, 3.05) is 0 Å². The number of hydrogen-bond donors (Lipinski definition) is 1. The van der Waals surface area contributed by atoms with Gasteiger partial charge in [-0.3, -0.25) is 0 Å². The van der Waals surface area contributed by atoms with E-state index < -0.39 is 11.6 Å². The summed E-state index contributed by atoms with van der Waals surface area (Å²) in [6.07, 6.45) is 1.93. The lowest BCUT2D eigenvalue weighted by atomic mass is 10.2. The van der Waals surface area contributed by atoms with Crippen molar-refractivity contribution >= 4 is 0 Å². The molecule has 0 aliphatic heterocycles. The normalized spacial score (nSPS) is 15.1. The van der Waals surface area contributed by atoms with E-state index in [0.29, 0.717) is 5.82 Å². The van der Waals surface area contributed by atoms with Crippen molar-refractivity contribution in [2.45, 2.75) is 25.4 Å². The topological polar surface area (TPSA) is 56.7 Å². The van der Waals surface area contributed by atoms with Crippen LogP contribution < -0.4 is 5.73 Å². The van der Waals surface area contributed by atoms with Crippen LogP contribution in [0, 0.1) is 11.6 Å². The molecule has 1 aliphatic carbocycles. The zero-order valence-corrected chi connectivity index (χ0v) is 9.61. The molecule has 1 heterocycles. The molecular weight excluding hydrogens is 238 g/mol. The van der Waals surface area contributed by atoms with Crippen LogP contribution in [-0.2, 0) is 6.54 Å². The number of benzene rings is 1. The van der Waals surface area contributed by atoms with Gasteiger partial charge in [0.25, 0.3) is 0 Å². The first-order chi connectivity index (χ1) is 8.72. The third kappa shape index (κ3) is 1.69. The first-order valence-corrected chi connectivity index (χ1v) is 5.80. The quantitative estimate of drug-likeness (QED) is 0.906. The van der Waals surface area contributed by atoms with Gasteiger partial charge in [-0.1, -0.05) is 6.07 Å². The molecule has 1 aromatic heterocycles. The average molecular weight is 250 g/mol. The van der Waals surface area contributed by atoms with Crippen molar-refractivity contribution in [2.24, 2.45) is 5.73 Å². The van der Waals surface area contributed by atoms with Gasteiger partial charge in [0.15, 0.2) is 5.82 Å². The fourth-order valence-corrected chi connectivity index (χ4v) is 2.06. The van der Waals surface area contributed by atoms with Crippen molar-refractivity contribution in [3.05, 3.63) is 35.7 Å². The Morgan fingerprint density at radius 3 is 2.44 bits per heavy atom. The zero-order valence-electron chi connectivity index (χ0n) is 9.61. The molecule has 6 heteroatoms. The number of halogens is 2. The first-order valence-electron chi connectivity index (χ1n) is 5.80. The summed E-state index contributed by atoms with van der Waals surface area (Å²) in [7, 11) is 0. The van der Waals surface area contributed by atoms with Crippen molar-refractivity contribution < 1.29 is 8.78 Å². The molecule has 1 aliphatic rings. The Kier molecular flexibility index (Phi) is 2.59. The van der Waals surface area contributed by atoms with E-state index in [1.807, 2.05) is 0 Å². The lowest BCUT2D eigenvalue weighted by Gasteiger charge is -2.09. The summed E-state index contributed by atoms with van der Waals surface area (Å²) >= 11 is 0. The molecular formula is C12H12F2N4. The van der Waals surface area contributed by atoms with Crippen LogP contribution >= 0.6 is 0 Å². The molecule has 0 atom stereocenters. The molecule has 94 valence electrons. The molecule has 1 aromatic carbocycles. The monoisotopic (exact) mass is 250 g/mol. The van der Waals surface area contributed by atoms with Gasteiger partial charge in [-0.2, -0.15) is 0 Å². The Bertz CT molecular complexity index is 570. The average Bonchev–Trinajstić information content (AvgIpc) is 3.10. The first kappa shape index (κ1) is 11.3. The molecule has 2 aromatic rings.